The van der Waals surface area contributed by atoms with Gasteiger partial charge in [-0.25, -0.2) is 0 Å². The van der Waals surface area contributed by atoms with Crippen molar-refractivity contribution in [1.82, 2.24) is 0 Å². The van der Waals surface area contributed by atoms with Gasteiger partial charge in [-0.3, -0.25) is 0 Å². The maximum Gasteiger partial charge on any atom is 0.453 e. The first-order chi connectivity index (χ1) is 5.81. The Hall–Kier alpha value is -0.0551. The van der Waals surface area contributed by atoms with Crippen LogP contribution in [-0.4, -0.2) is 26.9 Å². The zero-order chi connectivity index (χ0) is 9.23. The normalized spacial score (nSPS) is 10.2. The lowest BCUT2D eigenvalue weighted by molar-refractivity contribution is 0.198. The van der Waals surface area contributed by atoms with Crippen molar-refractivity contribution in [3.05, 3.63) is 0 Å². The van der Waals surface area contributed by atoms with Crippen molar-refractivity contribution in [2.45, 2.75) is 33.0 Å². The summed E-state index contributed by atoms with van der Waals surface area (Å²) in [6.45, 7) is 6.24. The highest BCUT2D eigenvalue weighted by Crippen LogP contribution is 1.94. The lowest BCUT2D eigenvalue weighted by atomic mass is 9.95. The highest BCUT2D eigenvalue weighted by molar-refractivity contribution is 6.42. The molecule has 0 spiro atoms. The molecule has 0 aromatic carbocycles. The second-order valence-corrected chi connectivity index (χ2v) is 2.80. The van der Waals surface area contributed by atoms with E-state index < -0.39 is 0 Å². The fraction of sp³-hybridized carbons (Fsp3) is 1.00. The highest BCUT2D eigenvalue weighted by atomic mass is 16.6. The van der Waals surface area contributed by atoms with Crippen LogP contribution >= 0.6 is 0 Å². The molecular formula is C8H20BNO2. The molecule has 0 rings (SSSR count). The Morgan fingerprint density at radius 3 is 2.25 bits per heavy atom. The summed E-state index contributed by atoms with van der Waals surface area (Å²) >= 11 is 0. The van der Waals surface area contributed by atoms with E-state index in [4.69, 9.17) is 15.0 Å². The van der Waals surface area contributed by atoms with E-state index in [9.17, 15) is 0 Å². The Morgan fingerprint density at radius 2 is 1.75 bits per heavy atom. The lowest BCUT2D eigenvalue weighted by Crippen LogP contribution is -2.20. The van der Waals surface area contributed by atoms with E-state index in [-0.39, 0.29) is 7.12 Å². The smallest absolute Gasteiger partial charge is 0.411 e. The van der Waals surface area contributed by atoms with Gasteiger partial charge in [-0.2, -0.15) is 0 Å². The average Bonchev–Trinajstić information content (AvgIpc) is 2.06. The first-order valence-electron chi connectivity index (χ1n) is 4.74. The second kappa shape index (κ2) is 9.04. The Kier molecular flexibility index (Phi) is 8.99. The molecule has 0 aromatic rings. The predicted octanol–water partition coefficient (Wildman–Crippen LogP) is 1.29. The Balaban J connectivity index is 3.04. The first-order valence-corrected chi connectivity index (χ1v) is 4.74. The lowest BCUT2D eigenvalue weighted by Gasteiger charge is -2.09. The van der Waals surface area contributed by atoms with Crippen molar-refractivity contribution in [1.29, 1.82) is 0 Å². The van der Waals surface area contributed by atoms with Crippen molar-refractivity contribution < 1.29 is 9.31 Å². The Labute approximate surface area is 75.8 Å². The molecule has 0 fully saturated rings. The van der Waals surface area contributed by atoms with Gasteiger partial charge in [0.15, 0.2) is 0 Å². The molecule has 0 radical (unpaired) electrons. The van der Waals surface area contributed by atoms with Crippen LogP contribution in [0.3, 0.4) is 0 Å². The summed E-state index contributed by atoms with van der Waals surface area (Å²) in [6.07, 6.45) is 3.17. The highest BCUT2D eigenvalue weighted by Gasteiger charge is 2.08. The zero-order valence-electron chi connectivity index (χ0n) is 8.21. The van der Waals surface area contributed by atoms with Gasteiger partial charge in [0.25, 0.3) is 0 Å². The summed E-state index contributed by atoms with van der Waals surface area (Å²) in [7, 11) is -0.0805. The monoisotopic (exact) mass is 173 g/mol. The molecule has 0 saturated heterocycles. The molecule has 4 heteroatoms. The third-order valence-electron chi connectivity index (χ3n) is 1.55. The molecule has 2 N–H and O–H groups in total. The molecular weight excluding hydrogens is 153 g/mol. The van der Waals surface area contributed by atoms with Gasteiger partial charge in [0, 0.05) is 13.2 Å². The van der Waals surface area contributed by atoms with Crippen LogP contribution in [0.25, 0.3) is 0 Å². The van der Waals surface area contributed by atoms with E-state index in [1.807, 2.05) is 6.82 Å². The van der Waals surface area contributed by atoms with E-state index in [0.717, 1.165) is 25.9 Å². The van der Waals surface area contributed by atoms with E-state index in [1.165, 1.54) is 0 Å². The second-order valence-electron chi connectivity index (χ2n) is 2.80. The predicted molar refractivity (Wildman–Crippen MR) is 52.1 cm³/mol. The molecule has 12 heavy (non-hydrogen) atoms. The Bertz CT molecular complexity index is 83.1. The quantitative estimate of drug-likeness (QED) is 0.444. The SMILES string of the molecule is CCCCOB(C)OCCCN. The van der Waals surface area contributed by atoms with Crippen molar-refractivity contribution in [2.24, 2.45) is 5.73 Å². The maximum atomic E-state index is 5.37. The molecule has 0 aliphatic rings. The average molecular weight is 173 g/mol. The van der Waals surface area contributed by atoms with Crippen LogP contribution in [0.15, 0.2) is 0 Å². The van der Waals surface area contributed by atoms with Gasteiger partial charge < -0.3 is 15.0 Å². The minimum atomic E-state index is -0.0805. The van der Waals surface area contributed by atoms with Crippen LogP contribution in [0.2, 0.25) is 6.82 Å². The van der Waals surface area contributed by atoms with Crippen molar-refractivity contribution >= 4 is 7.12 Å². The maximum absolute atomic E-state index is 5.37. The van der Waals surface area contributed by atoms with Crippen LogP contribution in [0, 0.1) is 0 Å². The van der Waals surface area contributed by atoms with Gasteiger partial charge in [0.1, 0.15) is 0 Å². The van der Waals surface area contributed by atoms with E-state index in [1.54, 1.807) is 0 Å². The summed E-state index contributed by atoms with van der Waals surface area (Å²) in [5, 5.41) is 0. The number of unbranched alkanes of at least 4 members (excludes halogenated alkanes) is 1. The molecule has 3 nitrogen and oxygen atoms in total. The van der Waals surface area contributed by atoms with Gasteiger partial charge in [0.2, 0.25) is 0 Å². The van der Waals surface area contributed by atoms with E-state index in [0.29, 0.717) is 13.2 Å². The Morgan fingerprint density at radius 1 is 1.17 bits per heavy atom. The summed E-state index contributed by atoms with van der Waals surface area (Å²) in [5.41, 5.74) is 5.32. The molecule has 0 aliphatic carbocycles. The standard InChI is InChI=1S/C8H20BNO2/c1-3-4-7-11-9(2)12-8-5-6-10/h3-8,10H2,1-2H3. The molecule has 0 heterocycles. The summed E-state index contributed by atoms with van der Waals surface area (Å²) in [4.78, 5) is 0. The van der Waals surface area contributed by atoms with Crippen molar-refractivity contribution in [3.8, 4) is 0 Å². The minimum Gasteiger partial charge on any atom is -0.411 e. The molecule has 0 aromatic heterocycles. The minimum absolute atomic E-state index is 0.0805. The fourth-order valence-electron chi connectivity index (χ4n) is 0.774. The molecule has 0 saturated carbocycles. The summed E-state index contributed by atoms with van der Waals surface area (Å²) < 4.78 is 10.7. The molecule has 0 bridgehead atoms. The number of hydrogen-bond donors (Lipinski definition) is 1. The van der Waals surface area contributed by atoms with Crippen LogP contribution in [0.4, 0.5) is 0 Å². The van der Waals surface area contributed by atoms with E-state index >= 15 is 0 Å². The van der Waals surface area contributed by atoms with Crippen LogP contribution in [0.5, 0.6) is 0 Å². The molecule has 72 valence electrons. The van der Waals surface area contributed by atoms with Gasteiger partial charge in [-0.05, 0) is 26.2 Å². The molecule has 0 aliphatic heterocycles. The van der Waals surface area contributed by atoms with Crippen LogP contribution in [-0.2, 0) is 9.31 Å². The van der Waals surface area contributed by atoms with Gasteiger partial charge in [-0.15, -0.1) is 0 Å². The summed E-state index contributed by atoms with van der Waals surface area (Å²) in [6, 6.07) is 0. The number of nitrogens with two attached hydrogens (primary N) is 1. The number of hydrogen-bond acceptors (Lipinski definition) is 3. The summed E-state index contributed by atoms with van der Waals surface area (Å²) in [5.74, 6) is 0. The first kappa shape index (κ1) is 11.9. The van der Waals surface area contributed by atoms with Gasteiger partial charge in [0.05, 0.1) is 0 Å². The third-order valence-corrected chi connectivity index (χ3v) is 1.55. The van der Waals surface area contributed by atoms with Gasteiger partial charge >= 0.3 is 7.12 Å². The van der Waals surface area contributed by atoms with E-state index in [2.05, 4.69) is 6.92 Å². The third kappa shape index (κ3) is 8.05. The van der Waals surface area contributed by atoms with Crippen LogP contribution in [0.1, 0.15) is 26.2 Å². The topological polar surface area (TPSA) is 44.5 Å². The largest absolute Gasteiger partial charge is 0.453 e. The van der Waals surface area contributed by atoms with Gasteiger partial charge in [-0.1, -0.05) is 13.3 Å². The molecule has 0 unspecified atom stereocenters. The van der Waals surface area contributed by atoms with Crippen molar-refractivity contribution in [2.75, 3.05) is 19.8 Å². The van der Waals surface area contributed by atoms with Crippen molar-refractivity contribution in [3.63, 3.8) is 0 Å². The fourth-order valence-corrected chi connectivity index (χ4v) is 0.774. The van der Waals surface area contributed by atoms with Crippen LogP contribution < -0.4 is 5.73 Å². The number of rotatable bonds is 8. The molecule has 0 amide bonds. The molecule has 0 atom stereocenters. The zero-order valence-corrected chi connectivity index (χ0v) is 8.21.